The molecule has 4 N–H and O–H groups in total. The molecule has 0 aromatic heterocycles. The van der Waals surface area contributed by atoms with E-state index in [0.29, 0.717) is 12.3 Å². The lowest BCUT2D eigenvalue weighted by molar-refractivity contribution is -0.123. The van der Waals surface area contributed by atoms with Gasteiger partial charge in [-0.15, -0.1) is 0 Å². The Kier molecular flexibility index (Phi) is 7.20. The van der Waals surface area contributed by atoms with Gasteiger partial charge in [0, 0.05) is 12.2 Å². The first kappa shape index (κ1) is 16.9. The molecule has 0 unspecified atom stereocenters. The van der Waals surface area contributed by atoms with Crippen molar-refractivity contribution < 1.29 is 14.3 Å². The van der Waals surface area contributed by atoms with Crippen LogP contribution in [-0.2, 0) is 9.59 Å². The molecule has 0 spiro atoms. The lowest BCUT2D eigenvalue weighted by atomic mass is 10.3. The molecule has 0 saturated carbocycles. The second-order valence-electron chi connectivity index (χ2n) is 4.71. The van der Waals surface area contributed by atoms with E-state index in [1.807, 2.05) is 19.0 Å². The van der Waals surface area contributed by atoms with Crippen molar-refractivity contribution in [3.63, 3.8) is 0 Å². The van der Waals surface area contributed by atoms with E-state index in [0.717, 1.165) is 12.3 Å². The van der Waals surface area contributed by atoms with Gasteiger partial charge in [-0.3, -0.25) is 9.59 Å². The topological polar surface area (TPSA) is 96.7 Å². The van der Waals surface area contributed by atoms with E-state index in [2.05, 4.69) is 10.6 Å². The van der Waals surface area contributed by atoms with Crippen LogP contribution in [0.4, 0.5) is 5.69 Å². The van der Waals surface area contributed by atoms with Crippen molar-refractivity contribution >= 4 is 17.5 Å². The van der Waals surface area contributed by atoms with Gasteiger partial charge in [0.15, 0.2) is 0 Å². The largest absolute Gasteiger partial charge is 0.492 e. The number of anilines is 1. The van der Waals surface area contributed by atoms with E-state index in [1.165, 1.54) is 0 Å². The quantitative estimate of drug-likeness (QED) is 0.608. The van der Waals surface area contributed by atoms with E-state index >= 15 is 0 Å². The van der Waals surface area contributed by atoms with Gasteiger partial charge in [-0.25, -0.2) is 0 Å². The van der Waals surface area contributed by atoms with Gasteiger partial charge in [-0.2, -0.15) is 0 Å². The van der Waals surface area contributed by atoms with Gasteiger partial charge in [0.1, 0.15) is 12.4 Å². The van der Waals surface area contributed by atoms with Gasteiger partial charge in [0.25, 0.3) is 0 Å². The number of likely N-dealkylation sites (N-methyl/N-ethyl adjacent to an activating group) is 1. The number of nitrogens with zero attached hydrogens (tertiary/aromatic N) is 1. The van der Waals surface area contributed by atoms with Gasteiger partial charge in [0.05, 0.1) is 13.1 Å². The molecular weight excluding hydrogens is 272 g/mol. The molecule has 1 rings (SSSR count). The fraction of sp³-hybridized carbons (Fsp3) is 0.429. The number of carbonyl (C=O) groups is 2. The van der Waals surface area contributed by atoms with Crippen LogP contribution < -0.4 is 21.1 Å². The van der Waals surface area contributed by atoms with Crippen molar-refractivity contribution in [2.75, 3.05) is 45.7 Å². The van der Waals surface area contributed by atoms with Gasteiger partial charge < -0.3 is 26.0 Å². The summed E-state index contributed by atoms with van der Waals surface area (Å²) < 4.78 is 5.55. The number of amides is 2. The zero-order chi connectivity index (χ0) is 15.7. The summed E-state index contributed by atoms with van der Waals surface area (Å²) in [4.78, 5) is 24.5. The fourth-order valence-corrected chi connectivity index (χ4v) is 1.44. The molecule has 1 aromatic rings. The number of hydrogen-bond donors (Lipinski definition) is 3. The molecule has 0 bridgehead atoms. The van der Waals surface area contributed by atoms with Crippen LogP contribution in [0.15, 0.2) is 24.3 Å². The smallest absolute Gasteiger partial charge is 0.243 e. The summed E-state index contributed by atoms with van der Waals surface area (Å²) in [7, 11) is 3.96. The third-order valence-electron chi connectivity index (χ3n) is 2.58. The number of hydrogen-bond acceptors (Lipinski definition) is 5. The molecule has 21 heavy (non-hydrogen) atoms. The molecule has 0 atom stereocenters. The number of nitrogens with one attached hydrogen (secondary N) is 2. The maximum atomic E-state index is 11.6. The zero-order valence-electron chi connectivity index (χ0n) is 12.4. The number of rotatable bonds is 8. The van der Waals surface area contributed by atoms with Crippen LogP contribution in [0.2, 0.25) is 0 Å². The SMILES string of the molecule is CN(C)CCOc1ccc(NC(=O)CNC(=O)CN)cc1. The Hall–Kier alpha value is -2.12. The van der Waals surface area contributed by atoms with E-state index in [1.54, 1.807) is 24.3 Å². The Morgan fingerprint density at radius 1 is 1.19 bits per heavy atom. The van der Waals surface area contributed by atoms with Crippen LogP contribution in [0.25, 0.3) is 0 Å². The average Bonchev–Trinajstić information content (AvgIpc) is 2.46. The summed E-state index contributed by atoms with van der Waals surface area (Å²) in [5.41, 5.74) is 5.77. The standard InChI is InChI=1S/C14H22N4O3/c1-18(2)7-8-21-12-5-3-11(4-6-12)17-14(20)10-16-13(19)9-15/h3-6H,7-10,15H2,1-2H3,(H,16,19)(H,17,20). The first-order valence-electron chi connectivity index (χ1n) is 6.65. The Morgan fingerprint density at radius 2 is 1.86 bits per heavy atom. The number of benzene rings is 1. The molecule has 0 radical (unpaired) electrons. The molecule has 0 fully saturated rings. The number of carbonyl (C=O) groups excluding carboxylic acids is 2. The maximum absolute atomic E-state index is 11.6. The number of nitrogens with two attached hydrogens (primary N) is 1. The van der Waals surface area contributed by atoms with Crippen molar-refractivity contribution in [3.05, 3.63) is 24.3 Å². The van der Waals surface area contributed by atoms with Crippen LogP contribution in [0, 0.1) is 0 Å². The fourth-order valence-electron chi connectivity index (χ4n) is 1.44. The highest BCUT2D eigenvalue weighted by atomic mass is 16.5. The third kappa shape index (κ3) is 7.28. The molecule has 2 amide bonds. The molecule has 0 saturated heterocycles. The van der Waals surface area contributed by atoms with E-state index in [4.69, 9.17) is 10.5 Å². The number of ether oxygens (including phenoxy) is 1. The van der Waals surface area contributed by atoms with Crippen LogP contribution in [0.3, 0.4) is 0 Å². The minimum absolute atomic E-state index is 0.100. The Balaban J connectivity index is 2.36. The normalized spacial score (nSPS) is 10.3. The summed E-state index contributed by atoms with van der Waals surface area (Å²) >= 11 is 0. The molecule has 0 aliphatic rings. The Morgan fingerprint density at radius 3 is 2.43 bits per heavy atom. The van der Waals surface area contributed by atoms with Crippen LogP contribution in [-0.4, -0.2) is 57.1 Å². The predicted octanol–water partition coefficient (Wildman–Crippen LogP) is -0.360. The minimum Gasteiger partial charge on any atom is -0.492 e. The second kappa shape index (κ2) is 8.93. The lowest BCUT2D eigenvalue weighted by Crippen LogP contribution is -2.36. The summed E-state index contributed by atoms with van der Waals surface area (Å²) in [6.45, 7) is 1.20. The molecule has 7 nitrogen and oxygen atoms in total. The molecule has 116 valence electrons. The predicted molar refractivity (Wildman–Crippen MR) is 81.2 cm³/mol. The van der Waals surface area contributed by atoms with Crippen molar-refractivity contribution in [3.8, 4) is 5.75 Å². The van der Waals surface area contributed by atoms with Gasteiger partial charge in [0.2, 0.25) is 11.8 Å². The van der Waals surface area contributed by atoms with Gasteiger partial charge in [-0.1, -0.05) is 0 Å². The summed E-state index contributed by atoms with van der Waals surface area (Å²) in [5, 5.41) is 5.06. The summed E-state index contributed by atoms with van der Waals surface area (Å²) in [5.74, 6) is 0.0687. The molecule has 0 heterocycles. The molecule has 1 aromatic carbocycles. The lowest BCUT2D eigenvalue weighted by Gasteiger charge is -2.11. The average molecular weight is 294 g/mol. The van der Waals surface area contributed by atoms with Gasteiger partial charge in [-0.05, 0) is 38.4 Å². The Labute approximate surface area is 124 Å². The molecule has 7 heteroatoms. The minimum atomic E-state index is -0.366. The van der Waals surface area contributed by atoms with Crippen molar-refractivity contribution in [1.29, 1.82) is 0 Å². The molecule has 0 aliphatic heterocycles. The third-order valence-corrected chi connectivity index (χ3v) is 2.58. The second-order valence-corrected chi connectivity index (χ2v) is 4.71. The van der Waals surface area contributed by atoms with Crippen molar-refractivity contribution in [2.45, 2.75) is 0 Å². The highest BCUT2D eigenvalue weighted by molar-refractivity contribution is 5.94. The van der Waals surface area contributed by atoms with E-state index < -0.39 is 0 Å². The van der Waals surface area contributed by atoms with E-state index in [9.17, 15) is 9.59 Å². The Bertz CT molecular complexity index is 460. The monoisotopic (exact) mass is 294 g/mol. The summed E-state index contributed by atoms with van der Waals surface area (Å²) in [6.07, 6.45) is 0. The van der Waals surface area contributed by atoms with Crippen LogP contribution in [0.5, 0.6) is 5.75 Å². The van der Waals surface area contributed by atoms with Crippen molar-refractivity contribution in [2.24, 2.45) is 5.73 Å². The van der Waals surface area contributed by atoms with Crippen LogP contribution >= 0.6 is 0 Å². The molecule has 0 aliphatic carbocycles. The zero-order valence-corrected chi connectivity index (χ0v) is 12.4. The highest BCUT2D eigenvalue weighted by Crippen LogP contribution is 2.15. The first-order chi connectivity index (χ1) is 10.0. The van der Waals surface area contributed by atoms with E-state index in [-0.39, 0.29) is 24.9 Å². The van der Waals surface area contributed by atoms with Crippen LogP contribution in [0.1, 0.15) is 0 Å². The van der Waals surface area contributed by atoms with Gasteiger partial charge >= 0.3 is 0 Å². The maximum Gasteiger partial charge on any atom is 0.243 e. The van der Waals surface area contributed by atoms with Crippen molar-refractivity contribution in [1.82, 2.24) is 10.2 Å². The highest BCUT2D eigenvalue weighted by Gasteiger charge is 2.04. The molecular formula is C14H22N4O3. The first-order valence-corrected chi connectivity index (χ1v) is 6.65. The summed E-state index contributed by atoms with van der Waals surface area (Å²) in [6, 6.07) is 7.05.